The van der Waals surface area contributed by atoms with Crippen molar-refractivity contribution in [3.8, 4) is 17.6 Å². The summed E-state index contributed by atoms with van der Waals surface area (Å²) >= 11 is 11.9. The highest BCUT2D eigenvalue weighted by atomic mass is 35.5. The maximum atomic E-state index is 10.5. The Labute approximate surface area is 121 Å². The van der Waals surface area contributed by atoms with Gasteiger partial charge in [0.2, 0.25) is 0 Å². The van der Waals surface area contributed by atoms with Gasteiger partial charge in [-0.05, 0) is 25.1 Å². The van der Waals surface area contributed by atoms with Gasteiger partial charge in [0, 0.05) is 23.1 Å². The van der Waals surface area contributed by atoms with Crippen molar-refractivity contribution < 1.29 is 14.6 Å². The second-order valence-electron chi connectivity index (χ2n) is 3.50. The standard InChI is InChI=1S/C14H12Cl2O3/c1-2-3-4-7-19-14-10(5-6-13(17)18)8-11(15)9-12(14)16/h5-6,8-9H,4,7H2,1H3,(H,17,18)/b6-5+. The molecule has 1 rings (SSSR count). The van der Waals surface area contributed by atoms with Gasteiger partial charge < -0.3 is 9.84 Å². The summed E-state index contributed by atoms with van der Waals surface area (Å²) in [6.45, 7) is 2.12. The quantitative estimate of drug-likeness (QED) is 0.510. The van der Waals surface area contributed by atoms with Crippen LogP contribution in [0.3, 0.4) is 0 Å². The lowest BCUT2D eigenvalue weighted by Crippen LogP contribution is -1.99. The minimum absolute atomic E-state index is 0.335. The first-order valence-corrected chi connectivity index (χ1v) is 6.22. The van der Waals surface area contributed by atoms with Crippen molar-refractivity contribution in [3.05, 3.63) is 33.8 Å². The van der Waals surface area contributed by atoms with Gasteiger partial charge in [-0.25, -0.2) is 4.79 Å². The lowest BCUT2D eigenvalue weighted by Gasteiger charge is -2.10. The van der Waals surface area contributed by atoms with Gasteiger partial charge in [0.15, 0.2) is 0 Å². The summed E-state index contributed by atoms with van der Waals surface area (Å²) in [5.41, 5.74) is 0.518. The fourth-order valence-electron chi connectivity index (χ4n) is 1.35. The van der Waals surface area contributed by atoms with Crippen LogP contribution >= 0.6 is 23.2 Å². The van der Waals surface area contributed by atoms with Gasteiger partial charge in [-0.15, -0.1) is 11.8 Å². The first-order chi connectivity index (χ1) is 9.04. The number of halogens is 2. The molecule has 0 saturated carbocycles. The lowest BCUT2D eigenvalue weighted by atomic mass is 10.2. The summed E-state index contributed by atoms with van der Waals surface area (Å²) in [7, 11) is 0. The molecular formula is C14H12Cl2O3. The number of hydrogen-bond acceptors (Lipinski definition) is 2. The number of aliphatic carboxylic acids is 1. The molecule has 0 spiro atoms. The molecular weight excluding hydrogens is 287 g/mol. The summed E-state index contributed by atoms with van der Waals surface area (Å²) in [5.74, 6) is 4.97. The van der Waals surface area contributed by atoms with Crippen LogP contribution in [0.1, 0.15) is 18.9 Å². The molecule has 0 unspecified atom stereocenters. The minimum atomic E-state index is -1.06. The molecule has 0 bridgehead atoms. The van der Waals surface area contributed by atoms with Gasteiger partial charge in [-0.1, -0.05) is 23.2 Å². The van der Waals surface area contributed by atoms with E-state index in [1.165, 1.54) is 6.08 Å². The predicted octanol–water partition coefficient (Wildman–Crippen LogP) is 3.88. The van der Waals surface area contributed by atoms with E-state index in [1.54, 1.807) is 19.1 Å². The first-order valence-electron chi connectivity index (χ1n) is 5.47. The van der Waals surface area contributed by atoms with Crippen LogP contribution in [0.4, 0.5) is 0 Å². The third-order valence-electron chi connectivity index (χ3n) is 2.09. The fraction of sp³-hybridized carbons (Fsp3) is 0.214. The molecule has 0 radical (unpaired) electrons. The number of ether oxygens (including phenoxy) is 1. The number of carboxylic acid groups (broad SMARTS) is 1. The van der Waals surface area contributed by atoms with Gasteiger partial charge in [-0.2, -0.15) is 0 Å². The molecule has 19 heavy (non-hydrogen) atoms. The summed E-state index contributed by atoms with van der Waals surface area (Å²) in [4.78, 5) is 10.5. The van der Waals surface area contributed by atoms with Crippen molar-refractivity contribution in [2.45, 2.75) is 13.3 Å². The molecule has 5 heteroatoms. The van der Waals surface area contributed by atoms with Crippen LogP contribution in [-0.4, -0.2) is 17.7 Å². The third-order valence-corrected chi connectivity index (χ3v) is 2.59. The summed E-state index contributed by atoms with van der Waals surface area (Å²) in [5, 5.41) is 9.39. The van der Waals surface area contributed by atoms with E-state index in [-0.39, 0.29) is 0 Å². The van der Waals surface area contributed by atoms with E-state index in [0.717, 1.165) is 6.08 Å². The van der Waals surface area contributed by atoms with Crippen molar-refractivity contribution in [1.82, 2.24) is 0 Å². The Balaban J connectivity index is 2.98. The molecule has 0 saturated heterocycles. The van der Waals surface area contributed by atoms with Crippen molar-refractivity contribution in [3.63, 3.8) is 0 Å². The van der Waals surface area contributed by atoms with E-state index in [9.17, 15) is 4.79 Å². The molecule has 0 fully saturated rings. The molecule has 0 aliphatic heterocycles. The van der Waals surface area contributed by atoms with E-state index >= 15 is 0 Å². The van der Waals surface area contributed by atoms with E-state index in [0.29, 0.717) is 34.4 Å². The SMILES string of the molecule is CC#CCCOc1c(Cl)cc(Cl)cc1/C=C/C(=O)O. The highest BCUT2D eigenvalue weighted by Gasteiger charge is 2.09. The molecule has 1 aromatic carbocycles. The van der Waals surface area contributed by atoms with Crippen molar-refractivity contribution in [2.24, 2.45) is 0 Å². The zero-order valence-electron chi connectivity index (χ0n) is 10.2. The van der Waals surface area contributed by atoms with Gasteiger partial charge >= 0.3 is 5.97 Å². The molecule has 0 amide bonds. The van der Waals surface area contributed by atoms with Crippen LogP contribution in [0.2, 0.25) is 10.0 Å². The van der Waals surface area contributed by atoms with Gasteiger partial charge in [0.25, 0.3) is 0 Å². The lowest BCUT2D eigenvalue weighted by molar-refractivity contribution is -0.131. The van der Waals surface area contributed by atoms with Crippen molar-refractivity contribution in [1.29, 1.82) is 0 Å². The van der Waals surface area contributed by atoms with Crippen molar-refractivity contribution in [2.75, 3.05) is 6.61 Å². The summed E-state index contributed by atoms with van der Waals surface area (Å²) < 4.78 is 5.52. The Morgan fingerprint density at radius 2 is 2.21 bits per heavy atom. The van der Waals surface area contributed by atoms with Crippen LogP contribution in [0.15, 0.2) is 18.2 Å². The highest BCUT2D eigenvalue weighted by Crippen LogP contribution is 2.33. The summed E-state index contributed by atoms with van der Waals surface area (Å²) in [6.07, 6.45) is 2.96. The zero-order valence-corrected chi connectivity index (χ0v) is 11.8. The third kappa shape index (κ3) is 5.25. The normalized spacial score (nSPS) is 10.1. The van der Waals surface area contributed by atoms with E-state index in [1.807, 2.05) is 0 Å². The fourth-order valence-corrected chi connectivity index (χ4v) is 1.91. The maximum absolute atomic E-state index is 10.5. The van der Waals surface area contributed by atoms with Crippen LogP contribution in [0.25, 0.3) is 6.08 Å². The van der Waals surface area contributed by atoms with Crippen LogP contribution in [0.5, 0.6) is 5.75 Å². The van der Waals surface area contributed by atoms with Crippen LogP contribution in [-0.2, 0) is 4.79 Å². The van der Waals surface area contributed by atoms with Crippen LogP contribution < -0.4 is 4.74 Å². The molecule has 100 valence electrons. The Morgan fingerprint density at radius 3 is 2.84 bits per heavy atom. The van der Waals surface area contributed by atoms with E-state index in [4.69, 9.17) is 33.0 Å². The highest BCUT2D eigenvalue weighted by molar-refractivity contribution is 6.35. The van der Waals surface area contributed by atoms with Crippen LogP contribution in [0, 0.1) is 11.8 Å². The Morgan fingerprint density at radius 1 is 1.47 bits per heavy atom. The zero-order chi connectivity index (χ0) is 14.3. The van der Waals surface area contributed by atoms with Gasteiger partial charge in [0.1, 0.15) is 5.75 Å². The Kier molecular flexibility index (Phi) is 6.27. The topological polar surface area (TPSA) is 46.5 Å². The van der Waals surface area contributed by atoms with Crippen molar-refractivity contribution >= 4 is 35.2 Å². The maximum Gasteiger partial charge on any atom is 0.328 e. The monoisotopic (exact) mass is 298 g/mol. The second kappa shape index (κ2) is 7.73. The second-order valence-corrected chi connectivity index (χ2v) is 4.35. The molecule has 1 aromatic rings. The molecule has 0 atom stereocenters. The number of benzene rings is 1. The summed E-state index contributed by atoms with van der Waals surface area (Å²) in [6, 6.07) is 3.13. The average Bonchev–Trinajstić information content (AvgIpc) is 2.34. The van der Waals surface area contributed by atoms with Gasteiger partial charge in [-0.3, -0.25) is 0 Å². The minimum Gasteiger partial charge on any atom is -0.490 e. The first kappa shape index (κ1) is 15.4. The predicted molar refractivity (Wildman–Crippen MR) is 76.7 cm³/mol. The number of carboxylic acids is 1. The van der Waals surface area contributed by atoms with Gasteiger partial charge in [0.05, 0.1) is 11.6 Å². The molecule has 0 aliphatic carbocycles. The molecule has 0 aromatic heterocycles. The number of hydrogen-bond donors (Lipinski definition) is 1. The Bertz CT molecular complexity index is 554. The van der Waals surface area contributed by atoms with E-state index in [2.05, 4.69) is 11.8 Å². The Hall–Kier alpha value is -1.63. The average molecular weight is 299 g/mol. The molecule has 0 aliphatic rings. The van der Waals surface area contributed by atoms with E-state index < -0.39 is 5.97 Å². The largest absolute Gasteiger partial charge is 0.490 e. The smallest absolute Gasteiger partial charge is 0.328 e. The molecule has 3 nitrogen and oxygen atoms in total. The molecule has 1 N–H and O–H groups in total. The number of rotatable bonds is 5. The molecule has 0 heterocycles. The number of carbonyl (C=O) groups is 1.